The van der Waals surface area contributed by atoms with Crippen LogP contribution in [0.2, 0.25) is 0 Å². The number of pyridine rings is 1. The van der Waals surface area contributed by atoms with Gasteiger partial charge in [-0.3, -0.25) is 14.8 Å². The number of hydrogen-bond acceptors (Lipinski definition) is 6. The average molecular weight is 827 g/mol. The smallest absolute Gasteiger partial charge is 0.164 e. The minimum absolute atomic E-state index is 0. The van der Waals surface area contributed by atoms with Crippen molar-refractivity contribution in [3.63, 3.8) is 0 Å². The summed E-state index contributed by atoms with van der Waals surface area (Å²) in [4.78, 5) is 25.8. The fourth-order valence-electron chi connectivity index (χ4n) is 5.32. The van der Waals surface area contributed by atoms with E-state index in [2.05, 4.69) is 83.6 Å². The maximum atomic E-state index is 12.2. The van der Waals surface area contributed by atoms with Gasteiger partial charge in [-0.05, 0) is 54.7 Å². The molecule has 5 aromatic rings. The number of ketones is 1. The first-order valence-corrected chi connectivity index (χ1v) is 17.2. The van der Waals surface area contributed by atoms with Crippen LogP contribution in [0.4, 0.5) is 0 Å². The van der Waals surface area contributed by atoms with Gasteiger partial charge in [0.25, 0.3) is 0 Å². The monoisotopic (exact) mass is 827 g/mol. The van der Waals surface area contributed by atoms with Crippen LogP contribution in [-0.2, 0) is 30.3 Å². The molecule has 0 bridgehead atoms. The summed E-state index contributed by atoms with van der Waals surface area (Å²) >= 11 is 1.69. The fraction of sp³-hybridized carbons (Fsp3) is 0.400. The minimum Gasteiger partial charge on any atom is -0.512 e. The number of nitrogens with zero attached hydrogens (tertiary/aromatic N) is 3. The standard InChI is InChI=1S/C25H20N3S.C15H28O2.Ir/c1-25(2,3)20-11-17(10-16-6-4-5-7-19(16)20)22-13-23(28-15-27-22)18-12-24-21(26-14-18)8-9-29-24;1-7-14(5,8-2)12(16)11-13(17)15(6,9-3)10-4;/h4-9,11-15H,1-3H3;11,16H,7-10H2,1-6H3;/q-1;;/b;12-11-;. The second-order valence-electron chi connectivity index (χ2n) is 13.6. The number of aliphatic hydroxyl groups excluding tert-OH is 1. The maximum Gasteiger partial charge on any atom is 0.164 e. The Morgan fingerprint density at radius 2 is 1.49 bits per heavy atom. The summed E-state index contributed by atoms with van der Waals surface area (Å²) in [6.45, 7) is 18.8. The van der Waals surface area contributed by atoms with Crippen molar-refractivity contribution in [3.8, 4) is 22.5 Å². The summed E-state index contributed by atoms with van der Waals surface area (Å²) < 4.78 is 1.16. The van der Waals surface area contributed by atoms with Gasteiger partial charge in [0.05, 0.1) is 15.9 Å². The van der Waals surface area contributed by atoms with E-state index >= 15 is 0 Å². The van der Waals surface area contributed by atoms with Crippen LogP contribution in [0, 0.1) is 16.9 Å². The average Bonchev–Trinajstić information content (AvgIpc) is 3.55. The molecule has 0 atom stereocenters. The zero-order chi connectivity index (χ0) is 33.7. The number of rotatable bonds is 9. The summed E-state index contributed by atoms with van der Waals surface area (Å²) in [6, 6.07) is 20.4. The summed E-state index contributed by atoms with van der Waals surface area (Å²) in [5.41, 5.74) is 5.47. The number of fused-ring (bicyclic) bond motifs is 2. The van der Waals surface area contributed by atoms with Gasteiger partial charge in [-0.1, -0.05) is 91.5 Å². The Balaban J connectivity index is 0.000000290. The number of benzene rings is 2. The van der Waals surface area contributed by atoms with E-state index in [0.29, 0.717) is 0 Å². The first-order chi connectivity index (χ1) is 21.8. The summed E-state index contributed by atoms with van der Waals surface area (Å²) in [5, 5.41) is 14.5. The van der Waals surface area contributed by atoms with E-state index in [4.69, 9.17) is 0 Å². The molecule has 0 saturated carbocycles. The van der Waals surface area contributed by atoms with Gasteiger partial charge < -0.3 is 5.11 Å². The number of thiophene rings is 1. The van der Waals surface area contributed by atoms with Crippen LogP contribution in [0.15, 0.2) is 78.3 Å². The van der Waals surface area contributed by atoms with Crippen molar-refractivity contribution in [3.05, 3.63) is 89.9 Å². The van der Waals surface area contributed by atoms with Crippen molar-refractivity contribution in [1.82, 2.24) is 15.0 Å². The van der Waals surface area contributed by atoms with Gasteiger partial charge in [-0.2, -0.15) is 0 Å². The molecule has 0 saturated heterocycles. The molecular formula is C40H48IrN3O2S-. The van der Waals surface area contributed by atoms with Crippen molar-refractivity contribution in [1.29, 1.82) is 0 Å². The van der Waals surface area contributed by atoms with Crippen LogP contribution in [0.5, 0.6) is 0 Å². The van der Waals surface area contributed by atoms with Crippen molar-refractivity contribution in [2.24, 2.45) is 10.8 Å². The largest absolute Gasteiger partial charge is 0.512 e. The van der Waals surface area contributed by atoms with Gasteiger partial charge in [0.2, 0.25) is 0 Å². The third-order valence-corrected chi connectivity index (χ3v) is 10.6. The Morgan fingerprint density at radius 1 is 0.851 bits per heavy atom. The molecule has 3 heterocycles. The van der Waals surface area contributed by atoms with E-state index in [1.165, 1.54) is 17.0 Å². The maximum absolute atomic E-state index is 12.2. The normalized spacial score (nSPS) is 12.4. The van der Waals surface area contributed by atoms with Crippen LogP contribution in [-0.4, -0.2) is 25.8 Å². The minimum atomic E-state index is -0.337. The Kier molecular flexibility index (Phi) is 12.8. The Hall–Kier alpha value is -3.25. The first-order valence-electron chi connectivity index (χ1n) is 16.4. The van der Waals surface area contributed by atoms with Crippen LogP contribution in [0.25, 0.3) is 43.5 Å². The molecule has 5 rings (SSSR count). The zero-order valence-corrected chi connectivity index (χ0v) is 32.4. The van der Waals surface area contributed by atoms with Gasteiger partial charge >= 0.3 is 0 Å². The van der Waals surface area contributed by atoms with Gasteiger partial charge in [0, 0.05) is 54.5 Å². The quantitative estimate of drug-likeness (QED) is 0.0910. The molecular weight excluding hydrogens is 779 g/mol. The molecule has 0 fully saturated rings. The predicted molar refractivity (Wildman–Crippen MR) is 194 cm³/mol. The topological polar surface area (TPSA) is 76.0 Å². The van der Waals surface area contributed by atoms with Gasteiger partial charge in [-0.25, -0.2) is 4.98 Å². The van der Waals surface area contributed by atoms with E-state index in [0.717, 1.165) is 63.8 Å². The molecule has 1 N–H and O–H groups in total. The molecule has 3 aromatic heterocycles. The van der Waals surface area contributed by atoms with Gasteiger partial charge in [0.15, 0.2) is 5.78 Å². The Morgan fingerprint density at radius 3 is 2.13 bits per heavy atom. The summed E-state index contributed by atoms with van der Waals surface area (Å²) in [6.07, 6.45) is 8.26. The van der Waals surface area contributed by atoms with Crippen molar-refractivity contribution >= 4 is 38.1 Å². The second kappa shape index (κ2) is 15.8. The fourth-order valence-corrected chi connectivity index (χ4v) is 6.10. The molecule has 0 spiro atoms. The van der Waals surface area contributed by atoms with Crippen LogP contribution >= 0.6 is 11.3 Å². The SMILES string of the molecule is CC(C)(C)c1cc(-c2cc(-c3cnc4ccsc4c3)ncn2)[c-]c2ccccc12.CCC(C)(CC)C(=O)/C=C(\O)C(C)(CC)CC.[Ir]. The first kappa shape index (κ1) is 38.2. The third kappa shape index (κ3) is 8.62. The molecule has 0 aliphatic rings. The Labute approximate surface area is 298 Å². The molecule has 0 aliphatic heterocycles. The molecule has 7 heteroatoms. The van der Waals surface area contributed by atoms with Crippen molar-refractivity contribution in [2.75, 3.05) is 0 Å². The molecule has 2 aromatic carbocycles. The van der Waals surface area contributed by atoms with Crippen molar-refractivity contribution in [2.45, 2.75) is 93.4 Å². The van der Waals surface area contributed by atoms with Crippen molar-refractivity contribution < 1.29 is 30.0 Å². The van der Waals surface area contributed by atoms with E-state index in [1.807, 2.05) is 59.9 Å². The van der Waals surface area contributed by atoms with Gasteiger partial charge in [0.1, 0.15) is 12.1 Å². The Bertz CT molecular complexity index is 1850. The van der Waals surface area contributed by atoms with E-state index in [1.54, 1.807) is 17.7 Å². The number of aromatic nitrogens is 3. The van der Waals surface area contributed by atoms with E-state index < -0.39 is 0 Å². The van der Waals surface area contributed by atoms with Crippen LogP contribution in [0.1, 0.15) is 93.6 Å². The van der Waals surface area contributed by atoms with Crippen LogP contribution < -0.4 is 0 Å². The number of aliphatic hydroxyl groups is 1. The molecule has 0 aliphatic carbocycles. The van der Waals surface area contributed by atoms with E-state index in [-0.39, 0.29) is 47.9 Å². The molecule has 0 unspecified atom stereocenters. The number of allylic oxidation sites excluding steroid dienone is 2. The van der Waals surface area contributed by atoms with Crippen LogP contribution in [0.3, 0.4) is 0 Å². The second-order valence-corrected chi connectivity index (χ2v) is 14.6. The van der Waals surface area contributed by atoms with E-state index in [9.17, 15) is 9.90 Å². The molecule has 251 valence electrons. The summed E-state index contributed by atoms with van der Waals surface area (Å²) in [7, 11) is 0. The molecule has 5 nitrogen and oxygen atoms in total. The van der Waals surface area contributed by atoms with Gasteiger partial charge in [-0.15, -0.1) is 40.5 Å². The molecule has 47 heavy (non-hydrogen) atoms. The molecule has 0 amide bonds. The zero-order valence-electron chi connectivity index (χ0n) is 29.2. The summed E-state index contributed by atoms with van der Waals surface area (Å²) in [5.74, 6) is 0.286. The number of carbonyl (C=O) groups is 1. The molecule has 1 radical (unpaired) electrons. The number of carbonyl (C=O) groups excluding carboxylic acids is 1. The number of hydrogen-bond donors (Lipinski definition) is 1. The third-order valence-electron chi connectivity index (χ3n) is 9.73. The predicted octanol–water partition coefficient (Wildman–Crippen LogP) is 11.3.